The van der Waals surface area contributed by atoms with Crippen molar-refractivity contribution in [2.45, 2.75) is 52.0 Å². The van der Waals surface area contributed by atoms with Crippen LogP contribution in [0.3, 0.4) is 0 Å². The molecule has 0 unspecified atom stereocenters. The van der Waals surface area contributed by atoms with Crippen LogP contribution in [0.5, 0.6) is 0 Å². The molecule has 2 amide bonds. The van der Waals surface area contributed by atoms with E-state index in [9.17, 15) is 9.59 Å². The van der Waals surface area contributed by atoms with Gasteiger partial charge >= 0.3 is 0 Å². The Bertz CT molecular complexity index is 561. The Hall–Kier alpha value is -1.89. The quantitative estimate of drug-likeness (QED) is 0.665. The highest BCUT2D eigenvalue weighted by molar-refractivity contribution is 5.92. The minimum absolute atomic E-state index is 0.0787. The van der Waals surface area contributed by atoms with Gasteiger partial charge in [0.1, 0.15) is 5.76 Å². The van der Waals surface area contributed by atoms with E-state index in [1.807, 2.05) is 13.8 Å². The second-order valence-electron chi connectivity index (χ2n) is 7.19. The molecule has 1 aliphatic rings. The van der Waals surface area contributed by atoms with Crippen LogP contribution < -0.4 is 16.4 Å². The average Bonchev–Trinajstić information content (AvgIpc) is 3.20. The molecule has 23 heavy (non-hydrogen) atoms. The zero-order chi connectivity index (χ0) is 17.0. The summed E-state index contributed by atoms with van der Waals surface area (Å²) in [5, 5.41) is 9.49. The molecule has 1 aromatic heterocycles. The number of nitrogens with zero attached hydrogens (tertiary/aromatic N) is 1. The number of carbonyl (C=O) groups is 2. The molecule has 2 rings (SSSR count). The second kappa shape index (κ2) is 7.12. The summed E-state index contributed by atoms with van der Waals surface area (Å²) in [6, 6.07) is 1.55. The molecule has 0 bridgehead atoms. The lowest BCUT2D eigenvalue weighted by Crippen LogP contribution is -2.43. The predicted molar refractivity (Wildman–Crippen MR) is 85.9 cm³/mol. The molecule has 0 spiro atoms. The van der Waals surface area contributed by atoms with Crippen molar-refractivity contribution in [1.82, 2.24) is 15.8 Å². The van der Waals surface area contributed by atoms with E-state index in [0.717, 1.165) is 18.6 Å². The van der Waals surface area contributed by atoms with Crippen molar-refractivity contribution >= 4 is 11.8 Å². The smallest absolute Gasteiger partial charge is 0.273 e. The Kier molecular flexibility index (Phi) is 5.41. The van der Waals surface area contributed by atoms with E-state index in [2.05, 4.69) is 15.8 Å². The summed E-state index contributed by atoms with van der Waals surface area (Å²) in [5.74, 6) is 0.888. The topological polar surface area (TPSA) is 110 Å². The van der Waals surface area contributed by atoms with Crippen LogP contribution >= 0.6 is 0 Å². The van der Waals surface area contributed by atoms with Crippen molar-refractivity contribution in [3.8, 4) is 0 Å². The van der Waals surface area contributed by atoms with Gasteiger partial charge < -0.3 is 20.9 Å². The molecular formula is C16H26N4O3. The van der Waals surface area contributed by atoms with Crippen molar-refractivity contribution in [1.29, 1.82) is 0 Å². The zero-order valence-corrected chi connectivity index (χ0v) is 14.0. The van der Waals surface area contributed by atoms with Gasteiger partial charge in [0.2, 0.25) is 5.91 Å². The fourth-order valence-corrected chi connectivity index (χ4v) is 2.13. The van der Waals surface area contributed by atoms with Gasteiger partial charge in [-0.05, 0) is 25.2 Å². The van der Waals surface area contributed by atoms with Gasteiger partial charge in [-0.25, -0.2) is 0 Å². The molecule has 7 nitrogen and oxygen atoms in total. The summed E-state index contributed by atoms with van der Waals surface area (Å²) in [5.41, 5.74) is 5.63. The second-order valence-corrected chi connectivity index (χ2v) is 7.19. The number of nitrogens with one attached hydrogen (secondary N) is 2. The highest BCUT2D eigenvalue weighted by atomic mass is 16.5. The first kappa shape index (κ1) is 17.5. The largest absolute Gasteiger partial charge is 0.360 e. The van der Waals surface area contributed by atoms with Gasteiger partial charge in [-0.1, -0.05) is 19.0 Å². The van der Waals surface area contributed by atoms with Crippen LogP contribution in [0.4, 0.5) is 0 Å². The van der Waals surface area contributed by atoms with Crippen LogP contribution in [0.25, 0.3) is 0 Å². The van der Waals surface area contributed by atoms with Crippen molar-refractivity contribution in [2.24, 2.45) is 11.1 Å². The Morgan fingerprint density at radius 1 is 1.39 bits per heavy atom. The van der Waals surface area contributed by atoms with Crippen LogP contribution in [0.1, 0.15) is 62.2 Å². The van der Waals surface area contributed by atoms with Gasteiger partial charge in [0, 0.05) is 37.5 Å². The molecule has 0 radical (unpaired) electrons. The highest BCUT2D eigenvalue weighted by Gasteiger charge is 2.29. The molecule has 0 aliphatic heterocycles. The van der Waals surface area contributed by atoms with Crippen LogP contribution in [0, 0.1) is 5.41 Å². The number of rotatable bonds is 8. The first-order valence-corrected chi connectivity index (χ1v) is 8.04. The lowest BCUT2D eigenvalue weighted by Gasteiger charge is -2.25. The molecule has 7 heteroatoms. The van der Waals surface area contributed by atoms with Crippen molar-refractivity contribution in [2.75, 3.05) is 13.1 Å². The SMILES string of the molecule is C[C@H](N)CC(=O)NCC(C)(C)CNC(=O)c1cc(C2CC2)on1. The van der Waals surface area contributed by atoms with E-state index in [4.69, 9.17) is 10.3 Å². The van der Waals surface area contributed by atoms with Crippen molar-refractivity contribution in [3.05, 3.63) is 17.5 Å². The molecule has 1 aromatic rings. The Morgan fingerprint density at radius 3 is 2.65 bits per heavy atom. The Labute approximate surface area is 136 Å². The summed E-state index contributed by atoms with van der Waals surface area (Å²) < 4.78 is 5.18. The van der Waals surface area contributed by atoms with Crippen LogP contribution in [-0.2, 0) is 4.79 Å². The molecule has 1 fully saturated rings. The fourth-order valence-electron chi connectivity index (χ4n) is 2.13. The van der Waals surface area contributed by atoms with Gasteiger partial charge in [-0.2, -0.15) is 0 Å². The van der Waals surface area contributed by atoms with E-state index in [-0.39, 0.29) is 23.3 Å². The molecule has 0 aromatic carbocycles. The third-order valence-electron chi connectivity index (χ3n) is 3.74. The molecule has 1 heterocycles. The van der Waals surface area contributed by atoms with E-state index in [1.165, 1.54) is 0 Å². The number of carbonyl (C=O) groups excluding carboxylic acids is 2. The molecule has 1 saturated carbocycles. The van der Waals surface area contributed by atoms with E-state index in [0.29, 0.717) is 31.1 Å². The van der Waals surface area contributed by atoms with Crippen LogP contribution in [-0.4, -0.2) is 36.1 Å². The minimum atomic E-state index is -0.272. The third kappa shape index (κ3) is 5.67. The van der Waals surface area contributed by atoms with Gasteiger partial charge in [-0.3, -0.25) is 9.59 Å². The highest BCUT2D eigenvalue weighted by Crippen LogP contribution is 2.40. The lowest BCUT2D eigenvalue weighted by molar-refractivity contribution is -0.121. The van der Waals surface area contributed by atoms with Crippen molar-refractivity contribution < 1.29 is 14.1 Å². The number of nitrogens with two attached hydrogens (primary N) is 1. The molecule has 1 aliphatic carbocycles. The van der Waals surface area contributed by atoms with Gasteiger partial charge in [-0.15, -0.1) is 0 Å². The average molecular weight is 322 g/mol. The molecule has 0 saturated heterocycles. The predicted octanol–water partition coefficient (Wildman–Crippen LogP) is 1.16. The van der Waals surface area contributed by atoms with Crippen LogP contribution in [0.15, 0.2) is 10.6 Å². The standard InChI is InChI=1S/C16H26N4O3/c1-10(17)6-14(21)18-8-16(2,3)9-19-15(22)12-7-13(23-20-12)11-4-5-11/h7,10-11H,4-6,8-9,17H2,1-3H3,(H,18,21)(H,19,22)/t10-/m0/s1. The minimum Gasteiger partial charge on any atom is -0.360 e. The van der Waals surface area contributed by atoms with Crippen molar-refractivity contribution in [3.63, 3.8) is 0 Å². The molecule has 4 N–H and O–H groups in total. The molecular weight excluding hydrogens is 296 g/mol. The summed E-state index contributed by atoms with van der Waals surface area (Å²) in [6.45, 7) is 6.62. The van der Waals surface area contributed by atoms with Gasteiger partial charge in [0.15, 0.2) is 5.69 Å². The van der Waals surface area contributed by atoms with E-state index in [1.54, 1.807) is 13.0 Å². The monoisotopic (exact) mass is 322 g/mol. The van der Waals surface area contributed by atoms with Gasteiger partial charge in [0.25, 0.3) is 5.91 Å². The summed E-state index contributed by atoms with van der Waals surface area (Å²) in [6.07, 6.45) is 2.50. The first-order chi connectivity index (χ1) is 10.8. The van der Waals surface area contributed by atoms with E-state index >= 15 is 0 Å². The summed E-state index contributed by atoms with van der Waals surface area (Å²) >= 11 is 0. The molecule has 128 valence electrons. The lowest BCUT2D eigenvalue weighted by atomic mass is 9.93. The Morgan fingerprint density at radius 2 is 2.04 bits per heavy atom. The van der Waals surface area contributed by atoms with Gasteiger partial charge in [0.05, 0.1) is 0 Å². The number of hydrogen-bond acceptors (Lipinski definition) is 5. The normalized spacial score (nSPS) is 16.0. The summed E-state index contributed by atoms with van der Waals surface area (Å²) in [7, 11) is 0. The maximum Gasteiger partial charge on any atom is 0.273 e. The zero-order valence-electron chi connectivity index (χ0n) is 14.0. The van der Waals surface area contributed by atoms with Crippen LogP contribution in [0.2, 0.25) is 0 Å². The number of aromatic nitrogens is 1. The fraction of sp³-hybridized carbons (Fsp3) is 0.688. The summed E-state index contributed by atoms with van der Waals surface area (Å²) in [4.78, 5) is 23.7. The third-order valence-corrected chi connectivity index (χ3v) is 3.74. The maximum absolute atomic E-state index is 12.1. The first-order valence-electron chi connectivity index (χ1n) is 8.04. The Balaban J connectivity index is 1.76. The maximum atomic E-state index is 12.1. The number of amides is 2. The molecule has 1 atom stereocenters. The number of hydrogen-bond donors (Lipinski definition) is 3. The van der Waals surface area contributed by atoms with E-state index < -0.39 is 0 Å².